The molecule has 0 aliphatic carbocycles. The molecule has 4 heterocycles. The maximum absolute atomic E-state index is 12.6. The van der Waals surface area contributed by atoms with Crippen molar-refractivity contribution in [2.45, 2.75) is 31.5 Å². The number of amides is 1. The van der Waals surface area contributed by atoms with Crippen LogP contribution in [0.25, 0.3) is 0 Å². The largest absolute Gasteiger partial charge is 0.472 e. The first-order valence-corrected chi connectivity index (χ1v) is 7.79. The number of pyridine rings is 1. The Balaban J connectivity index is 1.46. The number of rotatable bonds is 3. The Hall–Kier alpha value is -2.14. The SMILES string of the molecule is O=C(c1ccoc1)N1CC[C@H]2[C@@H]1CCN2Cc1cccnc1. The molecule has 0 N–H and O–H groups in total. The lowest BCUT2D eigenvalue weighted by molar-refractivity contribution is 0.0731. The van der Waals surface area contributed by atoms with Gasteiger partial charge >= 0.3 is 0 Å². The van der Waals surface area contributed by atoms with Crippen LogP contribution in [0.5, 0.6) is 0 Å². The molecular formula is C17H19N3O2. The second-order valence-electron chi connectivity index (χ2n) is 6.05. The fraction of sp³-hybridized carbons (Fsp3) is 0.412. The summed E-state index contributed by atoms with van der Waals surface area (Å²) in [6, 6.07) is 6.64. The first-order chi connectivity index (χ1) is 10.8. The molecule has 0 saturated carbocycles. The van der Waals surface area contributed by atoms with Crippen LogP contribution in [0.1, 0.15) is 28.8 Å². The summed E-state index contributed by atoms with van der Waals surface area (Å²) in [5.41, 5.74) is 1.90. The zero-order chi connectivity index (χ0) is 14.9. The first-order valence-electron chi connectivity index (χ1n) is 7.79. The van der Waals surface area contributed by atoms with Gasteiger partial charge in [-0.2, -0.15) is 0 Å². The molecule has 2 aliphatic rings. The van der Waals surface area contributed by atoms with Gasteiger partial charge in [-0.25, -0.2) is 0 Å². The minimum atomic E-state index is 0.101. The van der Waals surface area contributed by atoms with Crippen LogP contribution in [0.4, 0.5) is 0 Å². The zero-order valence-corrected chi connectivity index (χ0v) is 12.4. The molecule has 2 saturated heterocycles. The topological polar surface area (TPSA) is 49.6 Å². The molecule has 0 bridgehead atoms. The van der Waals surface area contributed by atoms with E-state index in [0.29, 0.717) is 17.6 Å². The van der Waals surface area contributed by atoms with Gasteiger partial charge in [0.25, 0.3) is 5.91 Å². The lowest BCUT2D eigenvalue weighted by atomic mass is 10.1. The van der Waals surface area contributed by atoms with Crippen molar-refractivity contribution in [1.29, 1.82) is 0 Å². The van der Waals surface area contributed by atoms with Crippen molar-refractivity contribution in [2.75, 3.05) is 13.1 Å². The van der Waals surface area contributed by atoms with Crippen molar-refractivity contribution in [3.05, 3.63) is 54.2 Å². The summed E-state index contributed by atoms with van der Waals surface area (Å²) in [4.78, 5) is 21.3. The third-order valence-corrected chi connectivity index (χ3v) is 4.83. The molecule has 2 aromatic heterocycles. The Morgan fingerprint density at radius 3 is 2.95 bits per heavy atom. The van der Waals surface area contributed by atoms with Crippen LogP contribution in [0, 0.1) is 0 Å². The van der Waals surface area contributed by atoms with Gasteiger partial charge in [-0.05, 0) is 30.5 Å². The van der Waals surface area contributed by atoms with Crippen molar-refractivity contribution in [3.8, 4) is 0 Å². The number of hydrogen-bond donors (Lipinski definition) is 0. The van der Waals surface area contributed by atoms with Crippen molar-refractivity contribution < 1.29 is 9.21 Å². The van der Waals surface area contributed by atoms with Crippen LogP contribution in [-0.4, -0.2) is 45.9 Å². The molecule has 114 valence electrons. The lowest BCUT2D eigenvalue weighted by Crippen LogP contribution is -2.39. The molecule has 2 atom stereocenters. The van der Waals surface area contributed by atoms with Gasteiger partial charge < -0.3 is 9.32 Å². The summed E-state index contributed by atoms with van der Waals surface area (Å²) in [6.07, 6.45) is 8.93. The summed E-state index contributed by atoms with van der Waals surface area (Å²) in [7, 11) is 0. The second kappa shape index (κ2) is 5.57. The fourth-order valence-electron chi connectivity index (χ4n) is 3.80. The lowest BCUT2D eigenvalue weighted by Gasteiger charge is -2.25. The number of aromatic nitrogens is 1. The number of carbonyl (C=O) groups excluding carboxylic acids is 1. The number of nitrogens with zero attached hydrogens (tertiary/aromatic N) is 3. The molecule has 2 aromatic rings. The summed E-state index contributed by atoms with van der Waals surface area (Å²) in [6.45, 7) is 2.80. The predicted octanol–water partition coefficient (Wildman–Crippen LogP) is 2.16. The number of furan rings is 1. The maximum Gasteiger partial charge on any atom is 0.257 e. The molecular weight excluding hydrogens is 278 g/mol. The molecule has 22 heavy (non-hydrogen) atoms. The molecule has 4 rings (SSSR count). The highest BCUT2D eigenvalue weighted by Crippen LogP contribution is 2.33. The minimum absolute atomic E-state index is 0.101. The minimum Gasteiger partial charge on any atom is -0.472 e. The number of hydrogen-bond acceptors (Lipinski definition) is 4. The Labute approximate surface area is 129 Å². The zero-order valence-electron chi connectivity index (χ0n) is 12.4. The molecule has 5 heteroatoms. The van der Waals surface area contributed by atoms with Crippen molar-refractivity contribution in [3.63, 3.8) is 0 Å². The molecule has 2 aliphatic heterocycles. The van der Waals surface area contributed by atoms with E-state index in [0.717, 1.165) is 32.5 Å². The summed E-state index contributed by atoms with van der Waals surface area (Å²) in [5, 5.41) is 0. The summed E-state index contributed by atoms with van der Waals surface area (Å²) in [5.74, 6) is 0.101. The maximum atomic E-state index is 12.6. The normalized spacial score (nSPS) is 24.6. The molecule has 2 fully saturated rings. The Morgan fingerprint density at radius 2 is 2.18 bits per heavy atom. The quantitative estimate of drug-likeness (QED) is 0.871. The van der Waals surface area contributed by atoms with E-state index in [-0.39, 0.29) is 5.91 Å². The van der Waals surface area contributed by atoms with Gasteiger partial charge in [0.15, 0.2) is 0 Å². The number of likely N-dealkylation sites (tertiary alicyclic amines) is 2. The van der Waals surface area contributed by atoms with Gasteiger partial charge in [0.2, 0.25) is 0 Å². The van der Waals surface area contributed by atoms with Gasteiger partial charge in [0.05, 0.1) is 11.8 Å². The number of carbonyl (C=O) groups is 1. The van der Waals surface area contributed by atoms with Crippen LogP contribution >= 0.6 is 0 Å². The van der Waals surface area contributed by atoms with Gasteiger partial charge in [-0.3, -0.25) is 14.7 Å². The first kappa shape index (κ1) is 13.5. The average molecular weight is 297 g/mol. The Morgan fingerprint density at radius 1 is 1.27 bits per heavy atom. The van der Waals surface area contributed by atoms with Crippen molar-refractivity contribution in [2.24, 2.45) is 0 Å². The highest BCUT2D eigenvalue weighted by molar-refractivity contribution is 5.94. The van der Waals surface area contributed by atoms with Gasteiger partial charge in [0.1, 0.15) is 6.26 Å². The van der Waals surface area contributed by atoms with Gasteiger partial charge in [-0.1, -0.05) is 6.07 Å². The number of fused-ring (bicyclic) bond motifs is 1. The molecule has 1 amide bonds. The average Bonchev–Trinajstić information content (AvgIpc) is 3.26. The van der Waals surface area contributed by atoms with Crippen molar-refractivity contribution in [1.82, 2.24) is 14.8 Å². The van der Waals surface area contributed by atoms with Crippen LogP contribution in [-0.2, 0) is 6.54 Å². The van der Waals surface area contributed by atoms with Crippen molar-refractivity contribution >= 4 is 5.91 Å². The monoisotopic (exact) mass is 297 g/mol. The molecule has 0 unspecified atom stereocenters. The standard InChI is InChI=1S/C17H19N3O2/c21-17(14-5-9-22-12-14)20-8-4-15-16(20)3-7-19(15)11-13-2-1-6-18-10-13/h1-2,5-6,9-10,12,15-16H,3-4,7-8,11H2/t15-,16-/m0/s1. The van der Waals surface area contributed by atoms with Crippen LogP contribution in [0.15, 0.2) is 47.5 Å². The van der Waals surface area contributed by atoms with E-state index in [2.05, 4.69) is 16.0 Å². The van der Waals surface area contributed by atoms with E-state index in [4.69, 9.17) is 4.42 Å². The van der Waals surface area contributed by atoms with Gasteiger partial charge in [-0.15, -0.1) is 0 Å². The van der Waals surface area contributed by atoms with E-state index in [1.54, 1.807) is 18.5 Å². The Kier molecular flexibility index (Phi) is 3.42. The van der Waals surface area contributed by atoms with E-state index < -0.39 is 0 Å². The van der Waals surface area contributed by atoms with Crippen LogP contribution < -0.4 is 0 Å². The Bertz CT molecular complexity index is 641. The highest BCUT2D eigenvalue weighted by Gasteiger charge is 2.44. The van der Waals surface area contributed by atoms with E-state index in [1.165, 1.54) is 11.8 Å². The highest BCUT2D eigenvalue weighted by atomic mass is 16.3. The van der Waals surface area contributed by atoms with Crippen LogP contribution in [0.3, 0.4) is 0 Å². The molecule has 5 nitrogen and oxygen atoms in total. The summed E-state index contributed by atoms with van der Waals surface area (Å²) < 4.78 is 5.04. The third-order valence-electron chi connectivity index (χ3n) is 4.83. The summed E-state index contributed by atoms with van der Waals surface area (Å²) >= 11 is 0. The van der Waals surface area contributed by atoms with Crippen LogP contribution in [0.2, 0.25) is 0 Å². The van der Waals surface area contributed by atoms with Gasteiger partial charge in [0, 0.05) is 44.1 Å². The third kappa shape index (κ3) is 2.31. The molecule has 0 aromatic carbocycles. The van der Waals surface area contributed by atoms with E-state index >= 15 is 0 Å². The predicted molar refractivity (Wildman–Crippen MR) is 81.2 cm³/mol. The second-order valence-corrected chi connectivity index (χ2v) is 6.05. The van der Waals surface area contributed by atoms with E-state index in [1.807, 2.05) is 17.2 Å². The molecule has 0 spiro atoms. The smallest absolute Gasteiger partial charge is 0.257 e. The van der Waals surface area contributed by atoms with E-state index in [9.17, 15) is 4.79 Å². The fourth-order valence-corrected chi connectivity index (χ4v) is 3.80. The molecule has 0 radical (unpaired) electrons.